The second-order valence-electron chi connectivity index (χ2n) is 9.10. The van der Waals surface area contributed by atoms with Crippen molar-refractivity contribution in [2.24, 2.45) is 0 Å². The van der Waals surface area contributed by atoms with Crippen LogP contribution in [0.3, 0.4) is 0 Å². The largest absolute Gasteiger partial charge is 0.438 e. The van der Waals surface area contributed by atoms with E-state index < -0.39 is 85.1 Å². The molecule has 386 valence electrons. The number of alkyl halides is 42. The van der Waals surface area contributed by atoms with Crippen molar-refractivity contribution in [3.63, 3.8) is 0 Å². The molecule has 0 heterocycles. The van der Waals surface area contributed by atoms with Crippen LogP contribution < -0.4 is 0 Å². The molecule has 0 amide bonds. The molecule has 0 aromatic carbocycles. The Morgan fingerprint density at radius 1 is 0.206 bits per heavy atom. The highest BCUT2D eigenvalue weighted by atomic mass is 35.6. The van der Waals surface area contributed by atoms with Gasteiger partial charge in [0.15, 0.2) is 0 Å². The van der Waals surface area contributed by atoms with Crippen LogP contribution in [0.1, 0.15) is 0 Å². The molecule has 0 aliphatic heterocycles. The van der Waals surface area contributed by atoms with E-state index in [9.17, 15) is 79.0 Å². The SMILES string of the molecule is FC(Cl)(Cl)C(F)(F)OC(F)(Cl)C(Cl)(Cl)Cl.FC(F)(Cl)C(F)(F)OC(F)(Cl)C(Cl)(Cl)Cl.FC(F)(Cl)C(F)(OC(F)(Cl)C(Cl)(Cl)Cl)C(F)(F)Cl.FC(F)(OC(F)(Cl)C(Cl)(Cl)Cl)C(Cl)(Cl)Cl. The molecule has 0 saturated carbocycles. The quantitative estimate of drug-likeness (QED) is 0.144. The molecule has 0 aliphatic carbocycles. The Morgan fingerprint density at radius 2 is 0.397 bits per heavy atom. The fraction of sp³-hybridized carbons (Fsp3) is 1.00. The van der Waals surface area contributed by atoms with Crippen molar-refractivity contribution in [1.29, 1.82) is 0 Å². The molecule has 4 nitrogen and oxygen atoms in total. The van der Waals surface area contributed by atoms with Gasteiger partial charge in [-0.25, -0.2) is 0 Å². The van der Waals surface area contributed by atoms with Gasteiger partial charge in [0.2, 0.25) is 0 Å². The van der Waals surface area contributed by atoms with Crippen LogP contribution in [0.4, 0.5) is 79.0 Å². The number of ether oxygens (including phenoxy) is 4. The number of rotatable bonds is 12. The van der Waals surface area contributed by atoms with E-state index in [1.807, 2.05) is 0 Å². The van der Waals surface area contributed by atoms with Crippen LogP contribution in [0.5, 0.6) is 0 Å². The van der Waals surface area contributed by atoms with Crippen molar-refractivity contribution in [3.8, 4) is 0 Å². The van der Waals surface area contributed by atoms with Crippen LogP contribution in [-0.4, -0.2) is 85.1 Å². The lowest BCUT2D eigenvalue weighted by atomic mass is 10.3. The Labute approximate surface area is 456 Å². The van der Waals surface area contributed by atoms with E-state index in [0.717, 1.165) is 0 Å². The summed E-state index contributed by atoms with van der Waals surface area (Å²) in [6, 6.07) is 0. The molecule has 0 fully saturated rings. The van der Waals surface area contributed by atoms with Gasteiger partial charge in [-0.1, -0.05) is 197 Å². The van der Waals surface area contributed by atoms with Crippen LogP contribution in [-0.2, 0) is 18.9 Å². The summed E-state index contributed by atoms with van der Waals surface area (Å²) in [4.78, 5) is 0. The average molecular weight is 1460 g/mol. The topological polar surface area (TPSA) is 36.9 Å². The first kappa shape index (κ1) is 75.1. The zero-order valence-electron chi connectivity index (χ0n) is 26.0. The Hall–Kier alpha value is 5.54. The summed E-state index contributed by atoms with van der Waals surface area (Å²) in [5, 5.41) is -32.6. The molecule has 0 aromatic rings. The predicted octanol–water partition coefficient (Wildman–Crippen LogP) is 20.4. The van der Waals surface area contributed by atoms with E-state index in [1.54, 1.807) is 0 Å². The summed E-state index contributed by atoms with van der Waals surface area (Å²) in [6.45, 7) is 0. The van der Waals surface area contributed by atoms with Gasteiger partial charge in [0.25, 0.3) is 19.0 Å². The lowest BCUT2D eigenvalue weighted by Gasteiger charge is -2.37. The van der Waals surface area contributed by atoms with E-state index in [-0.39, 0.29) is 0 Å². The van der Waals surface area contributed by atoms with E-state index >= 15 is 0 Å². The van der Waals surface area contributed by atoms with Gasteiger partial charge in [0.1, 0.15) is 0 Å². The van der Waals surface area contributed by atoms with E-state index in [0.29, 0.717) is 0 Å². The molecular formula is C17Cl24F18O4. The molecule has 0 aromatic heterocycles. The van der Waals surface area contributed by atoms with E-state index in [2.05, 4.69) is 112 Å². The second-order valence-corrected chi connectivity index (χ2v) is 25.1. The molecule has 63 heavy (non-hydrogen) atoms. The molecule has 4 atom stereocenters. The van der Waals surface area contributed by atoms with Gasteiger partial charge in [-0.3, -0.25) is 18.9 Å². The third-order valence-corrected chi connectivity index (χ3v) is 11.4. The van der Waals surface area contributed by atoms with Crippen LogP contribution in [0.2, 0.25) is 0 Å². The highest BCUT2D eigenvalue weighted by molar-refractivity contribution is 6.72. The first-order chi connectivity index (χ1) is 26.1. The van der Waals surface area contributed by atoms with Crippen LogP contribution in [0, 0.1) is 0 Å². The average Bonchev–Trinajstić information content (AvgIpc) is 2.86. The first-order valence-corrected chi connectivity index (χ1v) is 20.9. The van der Waals surface area contributed by atoms with Gasteiger partial charge < -0.3 is 0 Å². The van der Waals surface area contributed by atoms with Crippen molar-refractivity contribution >= 4 is 278 Å². The predicted molar refractivity (Wildman–Crippen MR) is 211 cm³/mol. The van der Waals surface area contributed by atoms with Crippen molar-refractivity contribution in [3.05, 3.63) is 0 Å². The third-order valence-electron chi connectivity index (χ3n) is 4.08. The fourth-order valence-corrected chi connectivity index (χ4v) is 2.80. The second kappa shape index (κ2) is 24.0. The Balaban J connectivity index is -0.000000370. The zero-order chi connectivity index (χ0) is 53.3. The van der Waals surface area contributed by atoms with Crippen molar-refractivity contribution < 1.29 is 98.0 Å². The summed E-state index contributed by atoms with van der Waals surface area (Å²) in [7, 11) is 0. The molecule has 0 spiro atoms. The van der Waals surface area contributed by atoms with Gasteiger partial charge in [0, 0.05) is 0 Å². The molecule has 0 radical (unpaired) electrons. The minimum Gasteiger partial charge on any atom is -0.280 e. The summed E-state index contributed by atoms with van der Waals surface area (Å²) in [5.74, 6) is -5.58. The van der Waals surface area contributed by atoms with Gasteiger partial charge in [-0.05, 0) is 81.2 Å². The smallest absolute Gasteiger partial charge is 0.280 e. The molecule has 0 rings (SSSR count). The first-order valence-electron chi connectivity index (χ1n) is 11.8. The van der Waals surface area contributed by atoms with Crippen molar-refractivity contribution in [2.75, 3.05) is 0 Å². The maximum Gasteiger partial charge on any atom is 0.438 e. The van der Waals surface area contributed by atoms with Gasteiger partial charge in [-0.2, -0.15) is 79.0 Å². The van der Waals surface area contributed by atoms with Crippen LogP contribution >= 0.6 is 278 Å². The zero-order valence-corrected chi connectivity index (χ0v) is 44.1. The minimum atomic E-state index is -5.58. The normalized spacial score (nSPS) is 18.8. The number of hydrogen-bond donors (Lipinski definition) is 0. The Bertz CT molecular complexity index is 1220. The van der Waals surface area contributed by atoms with E-state index in [1.165, 1.54) is 0 Å². The standard InChI is InChI=1S/C5Cl6F6O.C4Cl7F3O.C4Cl6F4O.C4Cl5F5O/c6-2(7,8)5(11,17)18-1(12,3(9,13)14)4(10,15)16;5-1(6,7)3(11,12)15-4(13,14)2(8,9)10;5-1(6,7)3(10,12)15-4(13,14)2(8,9)11;5-1(6,7)3(9,12)15-4(13,14)2(8,10)11. The lowest BCUT2D eigenvalue weighted by molar-refractivity contribution is -0.361. The van der Waals surface area contributed by atoms with Crippen LogP contribution in [0.25, 0.3) is 0 Å². The maximum atomic E-state index is 13.3. The molecule has 0 aliphatic rings. The minimum absolute atomic E-state index is 2.84. The summed E-state index contributed by atoms with van der Waals surface area (Å²) in [6.07, 6.45) is -15.1. The van der Waals surface area contributed by atoms with Gasteiger partial charge in [-0.15, -0.1) is 0 Å². The van der Waals surface area contributed by atoms with Gasteiger partial charge in [0.05, 0.1) is 0 Å². The highest BCUT2D eigenvalue weighted by Gasteiger charge is 2.75. The molecule has 4 unspecified atom stereocenters. The molecule has 0 N–H and O–H groups in total. The summed E-state index contributed by atoms with van der Waals surface area (Å²) >= 11 is 111. The van der Waals surface area contributed by atoms with Gasteiger partial charge >= 0.3 is 66.2 Å². The Kier molecular flexibility index (Phi) is 28.6. The number of hydrogen-bond acceptors (Lipinski definition) is 4. The van der Waals surface area contributed by atoms with Crippen LogP contribution in [0.15, 0.2) is 0 Å². The maximum absolute atomic E-state index is 13.3. The highest BCUT2D eigenvalue weighted by Crippen LogP contribution is 2.57. The molecule has 46 heteroatoms. The monoisotopic (exact) mass is 1450 g/mol. The number of halogens is 42. The van der Waals surface area contributed by atoms with Crippen molar-refractivity contribution in [1.82, 2.24) is 0 Å². The fourth-order valence-electron chi connectivity index (χ4n) is 1.34. The van der Waals surface area contributed by atoms with E-state index in [4.69, 9.17) is 186 Å². The summed E-state index contributed by atoms with van der Waals surface area (Å²) < 4.78 is 220. The van der Waals surface area contributed by atoms with Crippen molar-refractivity contribution in [2.45, 2.75) is 85.1 Å². The third kappa shape index (κ3) is 23.7. The summed E-state index contributed by atoms with van der Waals surface area (Å²) in [5.41, 5.74) is 0. The molecule has 0 bridgehead atoms. The Morgan fingerprint density at radius 3 is 0.556 bits per heavy atom. The molecule has 0 saturated heterocycles. The lowest BCUT2D eigenvalue weighted by Crippen LogP contribution is -2.59. The molecular weight excluding hydrogens is 1460 g/mol.